The Hall–Kier alpha value is -1.92. The smallest absolute Gasteiger partial charge is 0.338 e. The van der Waals surface area contributed by atoms with Gasteiger partial charge in [-0.1, -0.05) is 79.1 Å². The van der Waals surface area contributed by atoms with Crippen molar-refractivity contribution < 1.29 is 19.1 Å². The molecule has 6 heteroatoms. The summed E-state index contributed by atoms with van der Waals surface area (Å²) in [6.07, 6.45) is 14.5. The summed E-state index contributed by atoms with van der Waals surface area (Å²) in [5.74, 6) is -0.691. The third kappa shape index (κ3) is 16.1. The second-order valence-electron chi connectivity index (χ2n) is 10.4. The lowest BCUT2D eigenvalue weighted by atomic mass is 10.1. The van der Waals surface area contributed by atoms with E-state index in [9.17, 15) is 9.59 Å². The summed E-state index contributed by atoms with van der Waals surface area (Å²) in [5, 5.41) is 0. The van der Waals surface area contributed by atoms with Crippen LogP contribution in [-0.4, -0.2) is 74.2 Å². The average molecular weight is 533 g/mol. The fourth-order valence-corrected chi connectivity index (χ4v) is 4.46. The molecule has 0 aliphatic rings. The quantitative estimate of drug-likeness (QED) is 0.102. The topological polar surface area (TPSA) is 59.1 Å². The van der Waals surface area contributed by atoms with Crippen LogP contribution < -0.4 is 0 Å². The monoisotopic (exact) mass is 532 g/mol. The SMILES string of the molecule is CCCCCN(CCCCC)CCOC(=O)c1ccc(C(=O)OCCN(CCCCC)CCCCC)cc1. The van der Waals surface area contributed by atoms with E-state index in [1.807, 2.05) is 0 Å². The van der Waals surface area contributed by atoms with E-state index in [2.05, 4.69) is 37.5 Å². The first-order chi connectivity index (χ1) is 18.5. The van der Waals surface area contributed by atoms with Gasteiger partial charge in [0.2, 0.25) is 0 Å². The Labute approximate surface area is 233 Å². The fraction of sp³-hybridized carbons (Fsp3) is 0.750. The van der Waals surface area contributed by atoms with Crippen LogP contribution in [-0.2, 0) is 9.47 Å². The van der Waals surface area contributed by atoms with E-state index in [0.29, 0.717) is 24.3 Å². The summed E-state index contributed by atoms with van der Waals surface area (Å²) in [4.78, 5) is 29.9. The minimum atomic E-state index is -0.346. The van der Waals surface area contributed by atoms with Gasteiger partial charge in [-0.3, -0.25) is 9.80 Å². The van der Waals surface area contributed by atoms with E-state index in [0.717, 1.165) is 39.3 Å². The molecule has 1 aromatic rings. The number of nitrogens with zero attached hydrogens (tertiary/aromatic N) is 2. The van der Waals surface area contributed by atoms with Gasteiger partial charge in [0.15, 0.2) is 0 Å². The first kappa shape index (κ1) is 34.1. The number of benzene rings is 1. The molecule has 218 valence electrons. The average Bonchev–Trinajstić information content (AvgIpc) is 2.93. The van der Waals surface area contributed by atoms with Crippen LogP contribution in [0.1, 0.15) is 125 Å². The van der Waals surface area contributed by atoms with Gasteiger partial charge in [0, 0.05) is 13.1 Å². The van der Waals surface area contributed by atoms with Crippen molar-refractivity contribution in [1.29, 1.82) is 0 Å². The van der Waals surface area contributed by atoms with Crippen LogP contribution in [0, 0.1) is 0 Å². The number of rotatable bonds is 24. The molecule has 0 atom stereocenters. The van der Waals surface area contributed by atoms with Gasteiger partial charge in [-0.25, -0.2) is 9.59 Å². The highest BCUT2D eigenvalue weighted by Crippen LogP contribution is 2.09. The Morgan fingerprint density at radius 1 is 0.500 bits per heavy atom. The predicted octanol–water partition coefficient (Wildman–Crippen LogP) is 7.37. The zero-order valence-electron chi connectivity index (χ0n) is 25.0. The molecule has 0 bridgehead atoms. The van der Waals surface area contributed by atoms with Crippen molar-refractivity contribution in [3.8, 4) is 0 Å². The number of hydrogen-bond donors (Lipinski definition) is 0. The summed E-state index contributed by atoms with van der Waals surface area (Å²) in [7, 11) is 0. The van der Waals surface area contributed by atoms with Gasteiger partial charge in [0.05, 0.1) is 11.1 Å². The van der Waals surface area contributed by atoms with E-state index in [4.69, 9.17) is 9.47 Å². The number of carbonyl (C=O) groups excluding carboxylic acids is 2. The van der Waals surface area contributed by atoms with Gasteiger partial charge in [0.25, 0.3) is 0 Å². The molecule has 0 radical (unpaired) electrons. The van der Waals surface area contributed by atoms with Crippen LogP contribution in [0.15, 0.2) is 24.3 Å². The molecular formula is C32H56N2O4. The van der Waals surface area contributed by atoms with Gasteiger partial charge >= 0.3 is 11.9 Å². The maximum Gasteiger partial charge on any atom is 0.338 e. The lowest BCUT2D eigenvalue weighted by molar-refractivity contribution is 0.0446. The van der Waals surface area contributed by atoms with Crippen molar-refractivity contribution in [2.75, 3.05) is 52.5 Å². The van der Waals surface area contributed by atoms with E-state index in [1.54, 1.807) is 24.3 Å². The second kappa shape index (κ2) is 23.0. The summed E-state index contributed by atoms with van der Waals surface area (Å²) in [6, 6.07) is 6.62. The number of unbranched alkanes of at least 4 members (excludes halogenated alkanes) is 8. The van der Waals surface area contributed by atoms with E-state index in [1.165, 1.54) is 77.0 Å². The molecule has 0 saturated heterocycles. The fourth-order valence-electron chi connectivity index (χ4n) is 4.46. The van der Waals surface area contributed by atoms with E-state index >= 15 is 0 Å². The van der Waals surface area contributed by atoms with Crippen molar-refractivity contribution in [2.24, 2.45) is 0 Å². The third-order valence-electron chi connectivity index (χ3n) is 6.95. The molecule has 0 spiro atoms. The normalized spacial score (nSPS) is 11.3. The minimum Gasteiger partial charge on any atom is -0.461 e. The largest absolute Gasteiger partial charge is 0.461 e. The first-order valence-electron chi connectivity index (χ1n) is 15.4. The molecule has 38 heavy (non-hydrogen) atoms. The molecule has 0 aliphatic carbocycles. The number of esters is 2. The molecule has 0 amide bonds. The Morgan fingerprint density at radius 2 is 0.789 bits per heavy atom. The third-order valence-corrected chi connectivity index (χ3v) is 6.95. The molecule has 0 aromatic heterocycles. The number of carbonyl (C=O) groups is 2. The molecule has 0 unspecified atom stereocenters. The van der Waals surface area contributed by atoms with Crippen molar-refractivity contribution in [1.82, 2.24) is 9.80 Å². The predicted molar refractivity (Wildman–Crippen MR) is 158 cm³/mol. The maximum absolute atomic E-state index is 12.5. The first-order valence-corrected chi connectivity index (χ1v) is 15.4. The van der Waals surface area contributed by atoms with Gasteiger partial charge in [-0.15, -0.1) is 0 Å². The van der Waals surface area contributed by atoms with Crippen LogP contribution in [0.3, 0.4) is 0 Å². The van der Waals surface area contributed by atoms with Gasteiger partial charge in [-0.05, 0) is 76.1 Å². The summed E-state index contributed by atoms with van der Waals surface area (Å²) in [6.45, 7) is 15.4. The number of hydrogen-bond acceptors (Lipinski definition) is 6. The molecule has 0 heterocycles. The van der Waals surface area contributed by atoms with Crippen LogP contribution >= 0.6 is 0 Å². The molecule has 1 rings (SSSR count). The Morgan fingerprint density at radius 3 is 1.05 bits per heavy atom. The summed E-state index contributed by atoms with van der Waals surface area (Å²) in [5.41, 5.74) is 0.922. The van der Waals surface area contributed by atoms with E-state index < -0.39 is 0 Å². The zero-order chi connectivity index (χ0) is 27.8. The maximum atomic E-state index is 12.5. The van der Waals surface area contributed by atoms with Crippen LogP contribution in [0.2, 0.25) is 0 Å². The molecule has 1 aromatic carbocycles. The molecule has 0 fully saturated rings. The van der Waals surface area contributed by atoms with Gasteiger partial charge < -0.3 is 9.47 Å². The zero-order valence-corrected chi connectivity index (χ0v) is 25.0. The van der Waals surface area contributed by atoms with Crippen molar-refractivity contribution in [3.63, 3.8) is 0 Å². The summed E-state index contributed by atoms with van der Waals surface area (Å²) < 4.78 is 11.1. The molecule has 0 aliphatic heterocycles. The summed E-state index contributed by atoms with van der Waals surface area (Å²) >= 11 is 0. The van der Waals surface area contributed by atoms with Crippen molar-refractivity contribution in [3.05, 3.63) is 35.4 Å². The van der Waals surface area contributed by atoms with Crippen LogP contribution in [0.4, 0.5) is 0 Å². The van der Waals surface area contributed by atoms with Gasteiger partial charge in [0.1, 0.15) is 13.2 Å². The molecule has 0 saturated carbocycles. The molecule has 6 nitrogen and oxygen atoms in total. The van der Waals surface area contributed by atoms with Crippen LogP contribution in [0.25, 0.3) is 0 Å². The number of ether oxygens (including phenoxy) is 2. The lowest BCUT2D eigenvalue weighted by Crippen LogP contribution is -2.30. The minimum absolute atomic E-state index is 0.346. The van der Waals surface area contributed by atoms with Crippen molar-refractivity contribution in [2.45, 2.75) is 105 Å². The molecular weight excluding hydrogens is 476 g/mol. The van der Waals surface area contributed by atoms with Crippen LogP contribution in [0.5, 0.6) is 0 Å². The van der Waals surface area contributed by atoms with Crippen molar-refractivity contribution >= 4 is 11.9 Å². The Balaban J connectivity index is 2.45. The highest BCUT2D eigenvalue weighted by Gasteiger charge is 2.13. The highest BCUT2D eigenvalue weighted by molar-refractivity contribution is 5.93. The standard InChI is InChI=1S/C32H56N2O4/c1-5-9-13-21-33(22-14-10-6-2)25-27-37-31(35)29-17-19-30(20-18-29)32(36)38-28-26-34(23-15-11-7-3)24-16-12-8-4/h17-20H,5-16,21-28H2,1-4H3. The van der Waals surface area contributed by atoms with E-state index in [-0.39, 0.29) is 11.9 Å². The molecule has 0 N–H and O–H groups in total. The van der Waals surface area contributed by atoms with Gasteiger partial charge in [-0.2, -0.15) is 0 Å². The second-order valence-corrected chi connectivity index (χ2v) is 10.4. The Kier molecular flexibility index (Phi) is 20.7. The lowest BCUT2D eigenvalue weighted by Gasteiger charge is -2.22. The highest BCUT2D eigenvalue weighted by atomic mass is 16.5. The Bertz CT molecular complexity index is 642.